The molecule has 0 atom stereocenters. The van der Waals surface area contributed by atoms with Crippen molar-refractivity contribution in [3.63, 3.8) is 0 Å². The first-order chi connectivity index (χ1) is 9.06. The Morgan fingerprint density at radius 3 is 2.74 bits per heavy atom. The molecule has 98 valence electrons. The van der Waals surface area contributed by atoms with Crippen LogP contribution in [0.15, 0.2) is 31.1 Å². The van der Waals surface area contributed by atoms with Gasteiger partial charge in [0.15, 0.2) is 0 Å². The lowest BCUT2D eigenvalue weighted by Gasteiger charge is -2.03. The summed E-state index contributed by atoms with van der Waals surface area (Å²) in [6, 6.07) is 0. The van der Waals surface area contributed by atoms with E-state index in [4.69, 9.17) is 4.74 Å². The number of carbonyl (C=O) groups excluding carboxylic acids is 1. The summed E-state index contributed by atoms with van der Waals surface area (Å²) in [4.78, 5) is 23.7. The molecule has 0 bridgehead atoms. The Bertz CT molecular complexity index is 609. The monoisotopic (exact) mass is 276 g/mol. The van der Waals surface area contributed by atoms with Crippen molar-refractivity contribution < 1.29 is 9.53 Å². The molecule has 2 aromatic rings. The Hall–Kier alpha value is -2.28. The van der Waals surface area contributed by atoms with E-state index in [0.717, 1.165) is 10.6 Å². The number of hydrogen-bond acceptors (Lipinski definition) is 6. The Kier molecular flexibility index (Phi) is 3.86. The number of nitrogens with one attached hydrogen (secondary N) is 1. The van der Waals surface area contributed by atoms with Gasteiger partial charge in [-0.15, -0.1) is 0 Å². The van der Waals surface area contributed by atoms with Gasteiger partial charge in [0.05, 0.1) is 11.5 Å². The summed E-state index contributed by atoms with van der Waals surface area (Å²) >= 11 is 1.34. The van der Waals surface area contributed by atoms with Crippen LogP contribution in [0, 0.1) is 6.92 Å². The van der Waals surface area contributed by atoms with Gasteiger partial charge < -0.3 is 4.74 Å². The van der Waals surface area contributed by atoms with Crippen molar-refractivity contribution >= 4 is 22.4 Å². The number of aromatic nitrogens is 3. The molecule has 1 amide bonds. The van der Waals surface area contributed by atoms with Gasteiger partial charge in [-0.05, 0) is 13.8 Å². The highest BCUT2D eigenvalue weighted by atomic mass is 32.1. The van der Waals surface area contributed by atoms with Gasteiger partial charge in [-0.2, -0.15) is 0 Å². The molecule has 0 radical (unpaired) electrons. The third-order valence-corrected chi connectivity index (χ3v) is 3.21. The van der Waals surface area contributed by atoms with Gasteiger partial charge in [0, 0.05) is 18.0 Å². The smallest absolute Gasteiger partial charge is 0.416 e. The average molecular weight is 276 g/mol. The molecule has 0 saturated heterocycles. The number of carbonyl (C=O) groups is 1. The minimum atomic E-state index is -0.574. The molecule has 0 saturated carbocycles. The van der Waals surface area contributed by atoms with E-state index in [1.54, 1.807) is 26.2 Å². The van der Waals surface area contributed by atoms with Crippen LogP contribution in [-0.4, -0.2) is 21.0 Å². The molecule has 0 spiro atoms. The van der Waals surface area contributed by atoms with Gasteiger partial charge in [0.25, 0.3) is 0 Å². The van der Waals surface area contributed by atoms with Crippen molar-refractivity contribution in [2.45, 2.75) is 13.8 Å². The molecule has 0 fully saturated rings. The summed E-state index contributed by atoms with van der Waals surface area (Å²) < 4.78 is 4.83. The maximum atomic E-state index is 11.5. The topological polar surface area (TPSA) is 77.0 Å². The Labute approximate surface area is 114 Å². The van der Waals surface area contributed by atoms with Crippen LogP contribution in [0.1, 0.15) is 12.6 Å². The van der Waals surface area contributed by atoms with Gasteiger partial charge in [-0.25, -0.2) is 19.7 Å². The number of anilines is 1. The second-order valence-corrected chi connectivity index (χ2v) is 4.78. The molecule has 0 aliphatic rings. The van der Waals surface area contributed by atoms with Crippen molar-refractivity contribution in [3.05, 3.63) is 36.8 Å². The van der Waals surface area contributed by atoms with Crippen molar-refractivity contribution in [1.82, 2.24) is 15.0 Å². The van der Waals surface area contributed by atoms with Gasteiger partial charge in [-0.3, -0.25) is 5.32 Å². The van der Waals surface area contributed by atoms with Crippen LogP contribution in [0.5, 0.6) is 0 Å². The number of aryl methyl sites for hydroxylation is 1. The van der Waals surface area contributed by atoms with Gasteiger partial charge >= 0.3 is 6.09 Å². The molecule has 1 N–H and O–H groups in total. The van der Waals surface area contributed by atoms with Crippen LogP contribution in [-0.2, 0) is 4.74 Å². The summed E-state index contributed by atoms with van der Waals surface area (Å²) in [7, 11) is 0. The molecule has 6 nitrogen and oxygen atoms in total. The lowest BCUT2D eigenvalue weighted by molar-refractivity contribution is 0.192. The van der Waals surface area contributed by atoms with E-state index in [2.05, 4.69) is 26.8 Å². The molecule has 0 unspecified atom stereocenters. The zero-order valence-corrected chi connectivity index (χ0v) is 11.3. The second-order valence-electron chi connectivity index (χ2n) is 3.78. The van der Waals surface area contributed by atoms with Crippen LogP contribution in [0.4, 0.5) is 9.80 Å². The molecule has 19 heavy (non-hydrogen) atoms. The number of nitrogens with zero attached hydrogens (tertiary/aromatic N) is 3. The SMILES string of the molecule is C=C(C)OC(=O)Nc1sc(-c2cncnc2)nc1C. The molecular weight excluding hydrogens is 264 g/mol. The largest absolute Gasteiger partial charge is 0.417 e. The molecule has 0 aliphatic heterocycles. The molecule has 2 aromatic heterocycles. The standard InChI is InChI=1S/C12H12N4O2S/c1-7(2)18-12(17)16-10-8(3)15-11(19-10)9-4-13-6-14-5-9/h4-6H,1H2,2-3H3,(H,16,17). The van der Waals surface area contributed by atoms with E-state index in [9.17, 15) is 4.79 Å². The molecule has 2 rings (SSSR count). The summed E-state index contributed by atoms with van der Waals surface area (Å²) in [5, 5.41) is 3.99. The quantitative estimate of drug-likeness (QED) is 0.872. The fourth-order valence-corrected chi connectivity index (χ4v) is 2.25. The number of thiazole rings is 1. The highest BCUT2D eigenvalue weighted by Gasteiger charge is 2.13. The number of rotatable bonds is 3. The minimum Gasteiger partial charge on any atom is -0.416 e. The van der Waals surface area contributed by atoms with Gasteiger partial charge in [0.2, 0.25) is 0 Å². The molecule has 7 heteroatoms. The maximum Gasteiger partial charge on any atom is 0.417 e. The van der Waals surface area contributed by atoms with E-state index < -0.39 is 6.09 Å². The number of amides is 1. The third kappa shape index (κ3) is 3.35. The number of allylic oxidation sites excluding steroid dienone is 1. The first-order valence-electron chi connectivity index (χ1n) is 5.43. The highest BCUT2D eigenvalue weighted by Crippen LogP contribution is 2.31. The Morgan fingerprint density at radius 2 is 2.11 bits per heavy atom. The van der Waals surface area contributed by atoms with Crippen LogP contribution in [0.2, 0.25) is 0 Å². The van der Waals surface area contributed by atoms with E-state index in [1.165, 1.54) is 17.7 Å². The summed E-state index contributed by atoms with van der Waals surface area (Å²) in [6.45, 7) is 6.91. The van der Waals surface area contributed by atoms with Crippen molar-refractivity contribution in [2.75, 3.05) is 5.32 Å². The Balaban J connectivity index is 2.18. The predicted octanol–water partition coefficient (Wildman–Crippen LogP) is 2.99. The minimum absolute atomic E-state index is 0.330. The van der Waals surface area contributed by atoms with Crippen LogP contribution in [0.25, 0.3) is 10.6 Å². The first kappa shape index (κ1) is 13.2. The van der Waals surface area contributed by atoms with E-state index in [0.29, 0.717) is 16.5 Å². The lowest BCUT2D eigenvalue weighted by atomic mass is 10.4. The number of hydrogen-bond donors (Lipinski definition) is 1. The lowest BCUT2D eigenvalue weighted by Crippen LogP contribution is -2.11. The van der Waals surface area contributed by atoms with E-state index >= 15 is 0 Å². The van der Waals surface area contributed by atoms with Crippen LogP contribution < -0.4 is 5.32 Å². The third-order valence-electron chi connectivity index (χ3n) is 2.09. The summed E-state index contributed by atoms with van der Waals surface area (Å²) in [5.74, 6) is 0.330. The van der Waals surface area contributed by atoms with Gasteiger partial charge in [-0.1, -0.05) is 17.9 Å². The fraction of sp³-hybridized carbons (Fsp3) is 0.167. The average Bonchev–Trinajstić information content (AvgIpc) is 2.71. The predicted molar refractivity (Wildman–Crippen MR) is 72.8 cm³/mol. The van der Waals surface area contributed by atoms with Crippen LogP contribution >= 0.6 is 11.3 Å². The second kappa shape index (κ2) is 5.57. The zero-order chi connectivity index (χ0) is 13.8. The maximum absolute atomic E-state index is 11.5. The highest BCUT2D eigenvalue weighted by molar-refractivity contribution is 7.19. The molecule has 2 heterocycles. The van der Waals surface area contributed by atoms with Gasteiger partial charge in [0.1, 0.15) is 16.3 Å². The normalized spacial score (nSPS) is 10.0. The van der Waals surface area contributed by atoms with Crippen molar-refractivity contribution in [2.24, 2.45) is 0 Å². The summed E-state index contributed by atoms with van der Waals surface area (Å²) in [5.41, 5.74) is 1.51. The van der Waals surface area contributed by atoms with E-state index in [-0.39, 0.29) is 0 Å². The van der Waals surface area contributed by atoms with Crippen LogP contribution in [0.3, 0.4) is 0 Å². The Morgan fingerprint density at radius 1 is 1.42 bits per heavy atom. The van der Waals surface area contributed by atoms with E-state index in [1.807, 2.05) is 0 Å². The zero-order valence-electron chi connectivity index (χ0n) is 10.5. The molecule has 0 aliphatic carbocycles. The molecule has 0 aromatic carbocycles. The summed E-state index contributed by atoms with van der Waals surface area (Å²) in [6.07, 6.45) is 4.21. The van der Waals surface area contributed by atoms with Crippen molar-refractivity contribution in [3.8, 4) is 10.6 Å². The number of ether oxygens (including phenoxy) is 1. The van der Waals surface area contributed by atoms with Crippen molar-refractivity contribution in [1.29, 1.82) is 0 Å². The fourth-order valence-electron chi connectivity index (χ4n) is 1.32. The first-order valence-corrected chi connectivity index (χ1v) is 6.25. The molecular formula is C12H12N4O2S.